The van der Waals surface area contributed by atoms with Crippen LogP contribution in [0.15, 0.2) is 42.6 Å². The summed E-state index contributed by atoms with van der Waals surface area (Å²) in [6.45, 7) is 3.86. The van der Waals surface area contributed by atoms with Crippen LogP contribution in [0.5, 0.6) is 6.01 Å². The van der Waals surface area contributed by atoms with Gasteiger partial charge >= 0.3 is 6.01 Å². The second-order valence-electron chi connectivity index (χ2n) is 9.56. The molecule has 2 aromatic carbocycles. The molecule has 6 rings (SSSR count). The molecule has 2 saturated heterocycles. The number of fused-ring (bicyclic) bond motifs is 2. The SMILES string of the molecule is CN1CCCC1.COc1nc(N2CCC(NC#N)C2)c2cnc(-c3cccc4cccc(Cl)c34)c(F)c2n1. The van der Waals surface area contributed by atoms with Gasteiger partial charge in [-0.05, 0) is 50.9 Å². The van der Waals surface area contributed by atoms with Crippen molar-refractivity contribution in [1.29, 1.82) is 5.26 Å². The maximum atomic E-state index is 15.9. The molecule has 8 nitrogen and oxygen atoms in total. The van der Waals surface area contributed by atoms with Crippen molar-refractivity contribution in [2.75, 3.05) is 45.2 Å². The number of halogens is 2. The summed E-state index contributed by atoms with van der Waals surface area (Å²) < 4.78 is 21.1. The van der Waals surface area contributed by atoms with E-state index in [2.05, 4.69) is 32.2 Å². The summed E-state index contributed by atoms with van der Waals surface area (Å²) >= 11 is 6.45. The molecule has 0 spiro atoms. The van der Waals surface area contributed by atoms with Crippen molar-refractivity contribution in [3.63, 3.8) is 0 Å². The van der Waals surface area contributed by atoms with Gasteiger partial charge < -0.3 is 19.9 Å². The molecule has 2 aromatic heterocycles. The molecule has 0 amide bonds. The van der Waals surface area contributed by atoms with Gasteiger partial charge in [0.05, 0.1) is 18.5 Å². The Labute approximate surface area is 226 Å². The van der Waals surface area contributed by atoms with E-state index in [0.717, 1.165) is 17.2 Å². The molecular formula is C28H29ClFN7O. The highest BCUT2D eigenvalue weighted by atomic mass is 35.5. The van der Waals surface area contributed by atoms with Gasteiger partial charge in [0.15, 0.2) is 12.0 Å². The molecule has 196 valence electrons. The van der Waals surface area contributed by atoms with Crippen LogP contribution in [0.2, 0.25) is 5.02 Å². The first-order valence-electron chi connectivity index (χ1n) is 12.7. The summed E-state index contributed by atoms with van der Waals surface area (Å²) in [4.78, 5) is 17.6. The largest absolute Gasteiger partial charge is 0.467 e. The minimum Gasteiger partial charge on any atom is -0.467 e. The molecule has 2 fully saturated rings. The van der Waals surface area contributed by atoms with Gasteiger partial charge in [0.25, 0.3) is 0 Å². The number of likely N-dealkylation sites (tertiary alicyclic amines) is 1. The first-order valence-corrected chi connectivity index (χ1v) is 13.0. The van der Waals surface area contributed by atoms with Crippen molar-refractivity contribution in [2.24, 2.45) is 0 Å². The van der Waals surface area contributed by atoms with Crippen molar-refractivity contribution in [3.8, 4) is 23.5 Å². The zero-order chi connectivity index (χ0) is 26.6. The Morgan fingerprint density at radius 1 is 1.13 bits per heavy atom. The van der Waals surface area contributed by atoms with E-state index in [1.807, 2.05) is 35.4 Å². The van der Waals surface area contributed by atoms with Crippen molar-refractivity contribution in [3.05, 3.63) is 53.4 Å². The number of rotatable bonds is 4. The second kappa shape index (κ2) is 11.3. The minimum atomic E-state index is -0.567. The molecule has 1 atom stereocenters. The van der Waals surface area contributed by atoms with Crippen LogP contribution in [-0.2, 0) is 0 Å². The molecule has 4 heterocycles. The van der Waals surface area contributed by atoms with Gasteiger partial charge in [0.2, 0.25) is 0 Å². The smallest absolute Gasteiger partial charge is 0.318 e. The minimum absolute atomic E-state index is 0.00548. The highest BCUT2D eigenvalue weighted by molar-refractivity contribution is 6.36. The lowest BCUT2D eigenvalue weighted by Gasteiger charge is -2.20. The van der Waals surface area contributed by atoms with Crippen LogP contribution in [0.3, 0.4) is 0 Å². The number of methoxy groups -OCH3 is 1. The van der Waals surface area contributed by atoms with Gasteiger partial charge in [-0.3, -0.25) is 4.98 Å². The van der Waals surface area contributed by atoms with E-state index in [9.17, 15) is 0 Å². The first kappa shape index (κ1) is 25.9. The summed E-state index contributed by atoms with van der Waals surface area (Å²) in [5.74, 6) is -0.0363. The standard InChI is InChI=1S/C23H18ClFN6O.C5H11N/c1-32-23-29-21-16(22(30-23)31-9-8-14(11-31)28-12-26)10-27-20(19(21)25)15-6-2-4-13-5-3-7-17(24)18(13)15;1-6-4-2-3-5-6/h2-7,10,14,28H,8-9,11H2,1H3;2-5H2,1H3. The number of nitrogens with zero attached hydrogens (tertiary/aromatic N) is 6. The van der Waals surface area contributed by atoms with Crippen molar-refractivity contribution >= 4 is 39.1 Å². The number of benzene rings is 2. The Kier molecular flexibility index (Phi) is 7.72. The van der Waals surface area contributed by atoms with E-state index in [1.54, 1.807) is 18.3 Å². The Hall–Kier alpha value is -3.74. The second-order valence-corrected chi connectivity index (χ2v) is 9.97. The molecule has 0 aliphatic carbocycles. The third-order valence-corrected chi connectivity index (χ3v) is 7.34. The van der Waals surface area contributed by atoms with Crippen molar-refractivity contribution < 1.29 is 9.13 Å². The predicted molar refractivity (Wildman–Crippen MR) is 148 cm³/mol. The lowest BCUT2D eigenvalue weighted by molar-refractivity contribution is 0.381. The van der Waals surface area contributed by atoms with Gasteiger partial charge in [0.1, 0.15) is 17.0 Å². The van der Waals surface area contributed by atoms with E-state index in [1.165, 1.54) is 33.0 Å². The molecule has 1 N–H and O–H groups in total. The molecule has 10 heteroatoms. The Bertz CT molecular complexity index is 1500. The monoisotopic (exact) mass is 533 g/mol. The predicted octanol–water partition coefficient (Wildman–Crippen LogP) is 5.01. The number of nitriles is 1. The molecule has 0 saturated carbocycles. The van der Waals surface area contributed by atoms with Gasteiger partial charge in [0, 0.05) is 35.3 Å². The van der Waals surface area contributed by atoms with Gasteiger partial charge in [-0.25, -0.2) is 4.39 Å². The molecule has 1 unspecified atom stereocenters. The summed E-state index contributed by atoms with van der Waals surface area (Å²) in [6, 6.07) is 11.2. The van der Waals surface area contributed by atoms with Crippen LogP contribution in [0.25, 0.3) is 32.9 Å². The zero-order valence-electron chi connectivity index (χ0n) is 21.4. The van der Waals surface area contributed by atoms with Crippen LogP contribution in [0.1, 0.15) is 19.3 Å². The molecule has 4 aromatic rings. The van der Waals surface area contributed by atoms with Crippen LogP contribution in [0, 0.1) is 17.3 Å². The lowest BCUT2D eigenvalue weighted by atomic mass is 10.0. The summed E-state index contributed by atoms with van der Waals surface area (Å²) in [6.07, 6.45) is 7.16. The van der Waals surface area contributed by atoms with Crippen LogP contribution < -0.4 is 15.0 Å². The van der Waals surface area contributed by atoms with E-state index in [4.69, 9.17) is 21.6 Å². The number of nitrogens with one attached hydrogen (secondary N) is 1. The Morgan fingerprint density at radius 2 is 1.89 bits per heavy atom. The molecule has 38 heavy (non-hydrogen) atoms. The maximum Gasteiger partial charge on any atom is 0.318 e. The molecule has 2 aliphatic rings. The fourth-order valence-electron chi connectivity index (χ4n) is 5.07. The number of hydrogen-bond donors (Lipinski definition) is 1. The fraction of sp³-hybridized carbons (Fsp3) is 0.357. The molecule has 2 aliphatic heterocycles. The van der Waals surface area contributed by atoms with Crippen molar-refractivity contribution in [1.82, 2.24) is 25.2 Å². The van der Waals surface area contributed by atoms with E-state index in [-0.39, 0.29) is 23.3 Å². The highest BCUT2D eigenvalue weighted by Gasteiger charge is 2.27. The molecule has 0 bridgehead atoms. The number of aromatic nitrogens is 3. The van der Waals surface area contributed by atoms with Crippen LogP contribution in [-0.4, -0.2) is 66.2 Å². The van der Waals surface area contributed by atoms with Crippen molar-refractivity contribution in [2.45, 2.75) is 25.3 Å². The van der Waals surface area contributed by atoms with E-state index >= 15 is 4.39 Å². The number of pyridine rings is 1. The maximum absolute atomic E-state index is 15.9. The zero-order valence-corrected chi connectivity index (χ0v) is 22.2. The Morgan fingerprint density at radius 3 is 2.58 bits per heavy atom. The third-order valence-electron chi connectivity index (χ3n) is 7.02. The van der Waals surface area contributed by atoms with Gasteiger partial charge in [-0.2, -0.15) is 15.2 Å². The lowest BCUT2D eigenvalue weighted by Crippen LogP contribution is -2.29. The number of hydrogen-bond acceptors (Lipinski definition) is 8. The van der Waals surface area contributed by atoms with E-state index < -0.39 is 5.82 Å². The molecule has 0 radical (unpaired) electrons. The third kappa shape index (κ3) is 5.15. The highest BCUT2D eigenvalue weighted by Crippen LogP contribution is 2.37. The quantitative estimate of drug-likeness (QED) is 0.289. The van der Waals surface area contributed by atoms with E-state index in [0.29, 0.717) is 34.9 Å². The Balaban J connectivity index is 0.000000433. The number of ether oxygens (including phenoxy) is 1. The van der Waals surface area contributed by atoms with Crippen LogP contribution in [0.4, 0.5) is 10.2 Å². The summed E-state index contributed by atoms with van der Waals surface area (Å²) in [7, 11) is 3.62. The van der Waals surface area contributed by atoms with Crippen LogP contribution >= 0.6 is 11.6 Å². The average Bonchev–Trinajstić information content (AvgIpc) is 3.61. The summed E-state index contributed by atoms with van der Waals surface area (Å²) in [5.41, 5.74) is 0.872. The number of anilines is 1. The fourth-order valence-corrected chi connectivity index (χ4v) is 5.36. The van der Waals surface area contributed by atoms with Gasteiger partial charge in [-0.15, -0.1) is 0 Å². The topological polar surface area (TPSA) is 90.2 Å². The molecular weight excluding hydrogens is 505 g/mol. The summed E-state index contributed by atoms with van der Waals surface area (Å²) in [5, 5.41) is 14.3. The normalized spacial score (nSPS) is 17.3. The first-order chi connectivity index (χ1) is 18.5. The average molecular weight is 534 g/mol. The van der Waals surface area contributed by atoms with Gasteiger partial charge in [-0.1, -0.05) is 41.9 Å².